The molecule has 5 nitrogen and oxygen atoms in total. The van der Waals surface area contributed by atoms with Crippen LogP contribution in [0.15, 0.2) is 24.3 Å². The predicted molar refractivity (Wildman–Crippen MR) is 68.2 cm³/mol. The fourth-order valence-electron chi connectivity index (χ4n) is 1.31. The van der Waals surface area contributed by atoms with Crippen LogP contribution >= 0.6 is 0 Å². The monoisotopic (exact) mass is 274 g/mol. The fraction of sp³-hybridized carbons (Fsp3) is 0.500. The lowest BCUT2D eigenvalue weighted by molar-refractivity contribution is 0.0289. The number of benzene rings is 1. The van der Waals surface area contributed by atoms with E-state index in [2.05, 4.69) is 4.18 Å². The maximum atomic E-state index is 10.9. The highest BCUT2D eigenvalue weighted by atomic mass is 32.2. The van der Waals surface area contributed by atoms with E-state index in [0.29, 0.717) is 18.1 Å². The van der Waals surface area contributed by atoms with Crippen molar-refractivity contribution in [2.24, 2.45) is 0 Å². The zero-order valence-electron chi connectivity index (χ0n) is 10.8. The average Bonchev–Trinajstić information content (AvgIpc) is 2.24. The SMILES string of the molecule is CCCOc1cccc(OC(C)OS(C)(=O)=O)c1. The molecule has 1 aromatic carbocycles. The van der Waals surface area contributed by atoms with Crippen molar-refractivity contribution in [1.82, 2.24) is 0 Å². The van der Waals surface area contributed by atoms with Crippen LogP contribution in [0, 0.1) is 0 Å². The van der Waals surface area contributed by atoms with Crippen molar-refractivity contribution < 1.29 is 22.1 Å². The third kappa shape index (κ3) is 5.88. The number of ether oxygens (including phenoxy) is 2. The van der Waals surface area contributed by atoms with Crippen molar-refractivity contribution in [1.29, 1.82) is 0 Å². The molecule has 102 valence electrons. The first-order chi connectivity index (χ1) is 8.40. The summed E-state index contributed by atoms with van der Waals surface area (Å²) in [5.74, 6) is 1.18. The van der Waals surface area contributed by atoms with Crippen LogP contribution in [0.4, 0.5) is 0 Å². The lowest BCUT2D eigenvalue weighted by Crippen LogP contribution is -2.20. The molecule has 18 heavy (non-hydrogen) atoms. The summed E-state index contributed by atoms with van der Waals surface area (Å²) in [6.45, 7) is 4.15. The molecule has 0 aliphatic heterocycles. The van der Waals surface area contributed by atoms with E-state index in [1.165, 1.54) is 6.92 Å². The average molecular weight is 274 g/mol. The van der Waals surface area contributed by atoms with Crippen LogP contribution in [0.2, 0.25) is 0 Å². The van der Waals surface area contributed by atoms with Gasteiger partial charge >= 0.3 is 0 Å². The Kier molecular flexibility index (Phi) is 5.43. The molecular weight excluding hydrogens is 256 g/mol. The fourth-order valence-corrected chi connectivity index (χ4v) is 1.85. The van der Waals surface area contributed by atoms with Gasteiger partial charge < -0.3 is 9.47 Å². The first-order valence-corrected chi connectivity index (χ1v) is 7.50. The summed E-state index contributed by atoms with van der Waals surface area (Å²) < 4.78 is 37.3. The summed E-state index contributed by atoms with van der Waals surface area (Å²) in [4.78, 5) is 0. The number of hydrogen-bond donors (Lipinski definition) is 0. The molecule has 0 aromatic heterocycles. The molecular formula is C12H18O5S. The molecule has 0 saturated carbocycles. The standard InChI is InChI=1S/C12H18O5S/c1-4-8-15-11-6-5-7-12(9-11)16-10(2)17-18(3,13)14/h5-7,9-10H,4,8H2,1-3H3. The maximum Gasteiger partial charge on any atom is 0.267 e. The highest BCUT2D eigenvalue weighted by molar-refractivity contribution is 7.86. The smallest absolute Gasteiger partial charge is 0.267 e. The molecule has 0 N–H and O–H groups in total. The molecule has 0 radical (unpaired) electrons. The summed E-state index contributed by atoms with van der Waals surface area (Å²) in [6.07, 6.45) is 1.02. The van der Waals surface area contributed by atoms with E-state index in [0.717, 1.165) is 12.7 Å². The van der Waals surface area contributed by atoms with E-state index >= 15 is 0 Å². The second kappa shape index (κ2) is 6.61. The largest absolute Gasteiger partial charge is 0.493 e. The van der Waals surface area contributed by atoms with Gasteiger partial charge in [-0.1, -0.05) is 13.0 Å². The summed E-state index contributed by atoms with van der Waals surface area (Å²) in [5.41, 5.74) is 0. The van der Waals surface area contributed by atoms with Gasteiger partial charge in [0.1, 0.15) is 11.5 Å². The number of rotatable bonds is 7. The van der Waals surface area contributed by atoms with E-state index in [-0.39, 0.29) is 0 Å². The third-order valence-electron chi connectivity index (χ3n) is 1.89. The van der Waals surface area contributed by atoms with Gasteiger partial charge in [0.25, 0.3) is 10.1 Å². The van der Waals surface area contributed by atoms with Crippen molar-refractivity contribution in [3.8, 4) is 11.5 Å². The second-order valence-corrected chi connectivity index (χ2v) is 5.41. The molecule has 0 bridgehead atoms. The molecule has 0 amide bonds. The molecule has 0 fully saturated rings. The van der Waals surface area contributed by atoms with E-state index in [1.807, 2.05) is 13.0 Å². The normalized spacial score (nSPS) is 13.1. The Morgan fingerprint density at radius 2 is 1.94 bits per heavy atom. The lowest BCUT2D eigenvalue weighted by Gasteiger charge is -2.14. The Morgan fingerprint density at radius 3 is 2.56 bits per heavy atom. The van der Waals surface area contributed by atoms with Crippen LogP contribution in [0.1, 0.15) is 20.3 Å². The summed E-state index contributed by atoms with van der Waals surface area (Å²) in [7, 11) is -3.52. The first kappa shape index (κ1) is 14.8. The van der Waals surface area contributed by atoms with E-state index in [1.54, 1.807) is 18.2 Å². The minimum absolute atomic E-state index is 0.500. The second-order valence-electron chi connectivity index (χ2n) is 3.81. The highest BCUT2D eigenvalue weighted by Crippen LogP contribution is 2.21. The van der Waals surface area contributed by atoms with Crippen LogP contribution in [0.3, 0.4) is 0 Å². The Hall–Kier alpha value is -1.27. The van der Waals surface area contributed by atoms with E-state index < -0.39 is 16.4 Å². The molecule has 6 heteroatoms. The van der Waals surface area contributed by atoms with Crippen molar-refractivity contribution in [3.63, 3.8) is 0 Å². The minimum Gasteiger partial charge on any atom is -0.493 e. The quantitative estimate of drug-likeness (QED) is 0.563. The minimum atomic E-state index is -3.52. The summed E-state index contributed by atoms with van der Waals surface area (Å²) >= 11 is 0. The maximum absolute atomic E-state index is 10.9. The third-order valence-corrected chi connectivity index (χ3v) is 2.51. The zero-order chi connectivity index (χ0) is 13.6. The first-order valence-electron chi connectivity index (χ1n) is 5.68. The molecule has 0 aliphatic carbocycles. The van der Waals surface area contributed by atoms with E-state index in [4.69, 9.17) is 9.47 Å². The molecule has 0 aliphatic rings. The molecule has 1 aromatic rings. The lowest BCUT2D eigenvalue weighted by atomic mass is 10.3. The van der Waals surface area contributed by atoms with E-state index in [9.17, 15) is 8.42 Å². The van der Waals surface area contributed by atoms with Gasteiger partial charge in [0.15, 0.2) is 0 Å². The van der Waals surface area contributed by atoms with Crippen molar-refractivity contribution in [2.75, 3.05) is 12.9 Å². The Bertz CT molecular complexity index is 469. The molecule has 1 atom stereocenters. The van der Waals surface area contributed by atoms with Crippen molar-refractivity contribution >= 4 is 10.1 Å². The zero-order valence-corrected chi connectivity index (χ0v) is 11.6. The van der Waals surface area contributed by atoms with Gasteiger partial charge in [0.05, 0.1) is 12.9 Å². The van der Waals surface area contributed by atoms with Gasteiger partial charge in [-0.3, -0.25) is 0 Å². The molecule has 0 heterocycles. The summed E-state index contributed by atoms with van der Waals surface area (Å²) in [6, 6.07) is 6.98. The van der Waals surface area contributed by atoms with Crippen LogP contribution in [-0.4, -0.2) is 27.6 Å². The van der Waals surface area contributed by atoms with Crippen LogP contribution < -0.4 is 9.47 Å². The van der Waals surface area contributed by atoms with Gasteiger partial charge in [0, 0.05) is 6.07 Å². The predicted octanol–water partition coefficient (Wildman–Crippen LogP) is 2.18. The van der Waals surface area contributed by atoms with Gasteiger partial charge in [-0.2, -0.15) is 8.42 Å². The van der Waals surface area contributed by atoms with Gasteiger partial charge in [-0.25, -0.2) is 4.18 Å². The Labute approximate surface area is 108 Å². The molecule has 0 saturated heterocycles. The highest BCUT2D eigenvalue weighted by Gasteiger charge is 2.11. The van der Waals surface area contributed by atoms with Crippen molar-refractivity contribution in [2.45, 2.75) is 26.6 Å². The molecule has 0 spiro atoms. The van der Waals surface area contributed by atoms with Crippen LogP contribution in [0.25, 0.3) is 0 Å². The Morgan fingerprint density at radius 1 is 1.28 bits per heavy atom. The number of hydrogen-bond acceptors (Lipinski definition) is 5. The van der Waals surface area contributed by atoms with Crippen LogP contribution in [0.5, 0.6) is 11.5 Å². The molecule has 1 unspecified atom stereocenters. The summed E-state index contributed by atoms with van der Waals surface area (Å²) in [5, 5.41) is 0. The van der Waals surface area contributed by atoms with Gasteiger partial charge in [0.2, 0.25) is 6.29 Å². The molecule has 1 rings (SSSR count). The van der Waals surface area contributed by atoms with Crippen molar-refractivity contribution in [3.05, 3.63) is 24.3 Å². The topological polar surface area (TPSA) is 61.8 Å². The van der Waals surface area contributed by atoms with Gasteiger partial charge in [-0.15, -0.1) is 0 Å². The Balaban J connectivity index is 2.61. The van der Waals surface area contributed by atoms with Crippen LogP contribution in [-0.2, 0) is 14.3 Å². The van der Waals surface area contributed by atoms with Gasteiger partial charge in [-0.05, 0) is 25.5 Å².